The van der Waals surface area contributed by atoms with Gasteiger partial charge in [-0.2, -0.15) is 0 Å². The minimum Gasteiger partial charge on any atom is -0.463 e. The van der Waals surface area contributed by atoms with Gasteiger partial charge in [-0.15, -0.1) is 0 Å². The SMILES string of the molecule is CCCCC/C=C\C/C=C\CCCCCCCC(=O)OCC(COCC(O)CO)OCC(CO)OC(=O)CCCCCCC/C=C\CCCCCCCC. The van der Waals surface area contributed by atoms with Crippen LogP contribution in [0.2, 0.25) is 0 Å². The quantitative estimate of drug-likeness (QED) is 0.0316. The second-order valence-corrected chi connectivity index (χ2v) is 14.6. The zero-order valence-corrected chi connectivity index (χ0v) is 34.6. The first kappa shape index (κ1) is 52.0. The van der Waals surface area contributed by atoms with E-state index in [-0.39, 0.29) is 44.8 Å². The van der Waals surface area contributed by atoms with Crippen molar-refractivity contribution in [3.8, 4) is 0 Å². The summed E-state index contributed by atoms with van der Waals surface area (Å²) in [6.07, 6.45) is 39.2. The number of hydrogen-bond acceptors (Lipinski definition) is 9. The molecule has 0 amide bonds. The topological polar surface area (TPSA) is 132 Å². The van der Waals surface area contributed by atoms with E-state index in [2.05, 4.69) is 50.3 Å². The highest BCUT2D eigenvalue weighted by atomic mass is 16.6. The molecule has 0 heterocycles. The predicted molar refractivity (Wildman–Crippen MR) is 220 cm³/mol. The molecule has 0 aromatic rings. The van der Waals surface area contributed by atoms with Crippen LogP contribution in [0.4, 0.5) is 0 Å². The minimum atomic E-state index is -1.03. The maximum absolute atomic E-state index is 12.4. The molecule has 3 N–H and O–H groups in total. The van der Waals surface area contributed by atoms with Crippen molar-refractivity contribution < 1.29 is 43.9 Å². The molecule has 0 radical (unpaired) electrons. The highest BCUT2D eigenvalue weighted by Gasteiger charge is 2.19. The molecule has 3 unspecified atom stereocenters. The summed E-state index contributed by atoms with van der Waals surface area (Å²) in [6, 6.07) is 0. The van der Waals surface area contributed by atoms with E-state index < -0.39 is 31.5 Å². The maximum atomic E-state index is 12.4. The number of esters is 2. The van der Waals surface area contributed by atoms with Gasteiger partial charge in [-0.05, 0) is 70.6 Å². The summed E-state index contributed by atoms with van der Waals surface area (Å²) >= 11 is 0. The fourth-order valence-electron chi connectivity index (χ4n) is 5.82. The van der Waals surface area contributed by atoms with Crippen LogP contribution in [0, 0.1) is 0 Å². The third kappa shape index (κ3) is 38.2. The van der Waals surface area contributed by atoms with Crippen molar-refractivity contribution in [1.29, 1.82) is 0 Å². The smallest absolute Gasteiger partial charge is 0.306 e. The van der Waals surface area contributed by atoms with Gasteiger partial charge in [0, 0.05) is 12.8 Å². The lowest BCUT2D eigenvalue weighted by Crippen LogP contribution is -2.34. The Kier molecular flexibility index (Phi) is 40.5. The van der Waals surface area contributed by atoms with Crippen molar-refractivity contribution in [2.24, 2.45) is 0 Å². The molecule has 0 saturated carbocycles. The predicted octanol–water partition coefficient (Wildman–Crippen LogP) is 10.0. The van der Waals surface area contributed by atoms with Crippen molar-refractivity contribution in [3.05, 3.63) is 36.5 Å². The number of rotatable bonds is 41. The molecule has 0 spiro atoms. The fourth-order valence-corrected chi connectivity index (χ4v) is 5.82. The molecule has 0 fully saturated rings. The van der Waals surface area contributed by atoms with E-state index in [9.17, 15) is 19.8 Å². The number of aliphatic hydroxyl groups excluding tert-OH is 3. The Morgan fingerprint density at radius 1 is 0.500 bits per heavy atom. The number of aliphatic hydroxyl groups is 3. The monoisotopic (exact) mass is 767 g/mol. The molecule has 0 aromatic carbocycles. The maximum Gasteiger partial charge on any atom is 0.306 e. The van der Waals surface area contributed by atoms with E-state index in [4.69, 9.17) is 24.1 Å². The average molecular weight is 767 g/mol. The molecular weight excluding hydrogens is 684 g/mol. The Balaban J connectivity index is 4.20. The average Bonchev–Trinajstić information content (AvgIpc) is 3.17. The van der Waals surface area contributed by atoms with E-state index in [1.54, 1.807) is 0 Å². The Hall–Kier alpha value is -2.04. The molecule has 316 valence electrons. The van der Waals surface area contributed by atoms with E-state index >= 15 is 0 Å². The molecule has 0 aliphatic heterocycles. The van der Waals surface area contributed by atoms with Crippen molar-refractivity contribution in [2.75, 3.05) is 39.6 Å². The largest absolute Gasteiger partial charge is 0.463 e. The van der Waals surface area contributed by atoms with Gasteiger partial charge in [0.2, 0.25) is 0 Å². The number of carbonyl (C=O) groups is 2. The highest BCUT2D eigenvalue weighted by Crippen LogP contribution is 2.12. The molecule has 54 heavy (non-hydrogen) atoms. The summed E-state index contributed by atoms with van der Waals surface area (Å²) in [5, 5.41) is 28.5. The van der Waals surface area contributed by atoms with Crippen molar-refractivity contribution >= 4 is 11.9 Å². The van der Waals surface area contributed by atoms with Gasteiger partial charge < -0.3 is 34.3 Å². The zero-order valence-electron chi connectivity index (χ0n) is 34.6. The van der Waals surface area contributed by atoms with Gasteiger partial charge in [0.1, 0.15) is 24.9 Å². The standard InChI is InChI=1S/C45H82O9/c1-3-5-7-9-11-13-15-17-19-21-23-25-27-29-31-33-44(49)53-40-43(38-51-37-41(48)35-46)52-39-42(36-47)54-45(50)34-32-30-28-26-24-22-20-18-16-14-12-10-8-6-4-2/h11,13,17-20,41-43,46-48H,3-10,12,14-16,21-40H2,1-2H3/b13-11-,19-17-,20-18-. The first-order chi connectivity index (χ1) is 26.5. The Morgan fingerprint density at radius 3 is 1.50 bits per heavy atom. The summed E-state index contributed by atoms with van der Waals surface area (Å²) in [5.41, 5.74) is 0. The van der Waals surface area contributed by atoms with E-state index in [1.165, 1.54) is 70.6 Å². The van der Waals surface area contributed by atoms with Gasteiger partial charge in [-0.1, -0.05) is 134 Å². The van der Waals surface area contributed by atoms with Gasteiger partial charge in [0.05, 0.1) is 33.0 Å². The minimum absolute atomic E-state index is 0.00492. The van der Waals surface area contributed by atoms with E-state index in [0.717, 1.165) is 83.5 Å². The summed E-state index contributed by atoms with van der Waals surface area (Å²) in [7, 11) is 0. The lowest BCUT2D eigenvalue weighted by molar-refractivity contribution is -0.161. The molecule has 9 heteroatoms. The number of unbranched alkanes of at least 4 members (excludes halogenated alkanes) is 19. The normalized spacial score (nSPS) is 13.6. The lowest BCUT2D eigenvalue weighted by atomic mass is 10.1. The summed E-state index contributed by atoms with van der Waals surface area (Å²) in [5.74, 6) is -0.701. The fraction of sp³-hybridized carbons (Fsp3) is 0.822. The van der Waals surface area contributed by atoms with E-state index in [0.29, 0.717) is 6.42 Å². The Morgan fingerprint density at radius 2 is 0.963 bits per heavy atom. The molecule has 0 bridgehead atoms. The van der Waals surface area contributed by atoms with Crippen LogP contribution in [-0.4, -0.2) is 85.2 Å². The van der Waals surface area contributed by atoms with Crippen molar-refractivity contribution in [2.45, 2.75) is 199 Å². The van der Waals surface area contributed by atoms with Crippen LogP contribution in [0.25, 0.3) is 0 Å². The zero-order chi connectivity index (χ0) is 39.6. The van der Waals surface area contributed by atoms with Crippen LogP contribution in [0.15, 0.2) is 36.5 Å². The lowest BCUT2D eigenvalue weighted by Gasteiger charge is -2.22. The van der Waals surface area contributed by atoms with Crippen LogP contribution >= 0.6 is 0 Å². The second-order valence-electron chi connectivity index (χ2n) is 14.6. The number of allylic oxidation sites excluding steroid dienone is 6. The van der Waals surface area contributed by atoms with Gasteiger partial charge in [0.25, 0.3) is 0 Å². The summed E-state index contributed by atoms with van der Waals surface area (Å²) in [4.78, 5) is 24.8. The van der Waals surface area contributed by atoms with Crippen molar-refractivity contribution in [3.63, 3.8) is 0 Å². The van der Waals surface area contributed by atoms with Gasteiger partial charge in [-0.25, -0.2) is 0 Å². The molecular formula is C45H82O9. The number of ether oxygens (including phenoxy) is 4. The third-order valence-electron chi connectivity index (χ3n) is 9.25. The Bertz CT molecular complexity index is 904. The first-order valence-corrected chi connectivity index (χ1v) is 21.9. The molecule has 3 atom stereocenters. The van der Waals surface area contributed by atoms with Gasteiger partial charge in [-0.3, -0.25) is 9.59 Å². The van der Waals surface area contributed by atoms with Crippen LogP contribution in [-0.2, 0) is 28.5 Å². The number of carbonyl (C=O) groups excluding carboxylic acids is 2. The molecule has 0 aliphatic carbocycles. The third-order valence-corrected chi connectivity index (χ3v) is 9.25. The summed E-state index contributed by atoms with van der Waals surface area (Å²) in [6.45, 7) is 3.36. The van der Waals surface area contributed by atoms with Crippen LogP contribution in [0.1, 0.15) is 181 Å². The second kappa shape index (κ2) is 42.1. The number of hydrogen-bond donors (Lipinski definition) is 3. The van der Waals surface area contributed by atoms with Crippen molar-refractivity contribution in [1.82, 2.24) is 0 Å². The molecule has 0 aliphatic rings. The van der Waals surface area contributed by atoms with Crippen LogP contribution in [0.5, 0.6) is 0 Å². The summed E-state index contributed by atoms with van der Waals surface area (Å²) < 4.78 is 22.2. The molecule has 0 aromatic heterocycles. The highest BCUT2D eigenvalue weighted by molar-refractivity contribution is 5.69. The van der Waals surface area contributed by atoms with E-state index in [1.807, 2.05) is 0 Å². The first-order valence-electron chi connectivity index (χ1n) is 21.9. The Labute approximate surface area is 330 Å². The van der Waals surface area contributed by atoms with Crippen LogP contribution < -0.4 is 0 Å². The molecule has 0 rings (SSSR count). The molecule has 9 nitrogen and oxygen atoms in total. The van der Waals surface area contributed by atoms with Crippen LogP contribution in [0.3, 0.4) is 0 Å². The van der Waals surface area contributed by atoms with Gasteiger partial charge >= 0.3 is 11.9 Å². The molecule has 0 saturated heterocycles. The van der Waals surface area contributed by atoms with Gasteiger partial charge in [0.15, 0.2) is 0 Å².